The number of urea groups is 1. The van der Waals surface area contributed by atoms with Crippen molar-refractivity contribution >= 4 is 31.4 Å². The van der Waals surface area contributed by atoms with Gasteiger partial charge in [-0.3, -0.25) is 0 Å². The normalized spacial score (nSPS) is 32.2. The Kier molecular flexibility index (Phi) is 7.17. The van der Waals surface area contributed by atoms with Gasteiger partial charge < -0.3 is 0 Å². The first-order valence-electron chi connectivity index (χ1n) is 8.93. The van der Waals surface area contributed by atoms with E-state index in [0.29, 0.717) is 4.60 Å². The fourth-order valence-corrected chi connectivity index (χ4v) is 5.56. The summed E-state index contributed by atoms with van der Waals surface area (Å²) in [7, 11) is 0. The predicted octanol–water partition coefficient (Wildman–Crippen LogP) is -2.67. The van der Waals surface area contributed by atoms with Gasteiger partial charge in [-0.2, -0.15) is 0 Å². The van der Waals surface area contributed by atoms with Gasteiger partial charge in [-0.05, 0) is 0 Å². The quantitative estimate of drug-likeness (QED) is 0.156. The zero-order valence-corrected chi connectivity index (χ0v) is 17.1. The van der Waals surface area contributed by atoms with Crippen LogP contribution in [0.2, 0.25) is 0 Å². The number of rotatable bonds is 8. The van der Waals surface area contributed by atoms with Gasteiger partial charge in [0.1, 0.15) is 0 Å². The minimum atomic E-state index is -1.51. The van der Waals surface area contributed by atoms with Gasteiger partial charge >= 0.3 is 173 Å². The molecule has 158 valence electrons. The Balaban J connectivity index is 2.06. The van der Waals surface area contributed by atoms with Crippen molar-refractivity contribution in [3.63, 3.8) is 0 Å². The molecule has 11 heteroatoms. The van der Waals surface area contributed by atoms with Crippen LogP contribution >= 0.6 is 0 Å². The summed E-state index contributed by atoms with van der Waals surface area (Å²) in [5.74, 6) is -0.606. The number of hydrogen-bond donors (Lipinski definition) is 5. The van der Waals surface area contributed by atoms with E-state index in [-0.39, 0.29) is 19.9 Å². The van der Waals surface area contributed by atoms with Gasteiger partial charge in [-0.25, -0.2) is 0 Å². The van der Waals surface area contributed by atoms with Crippen molar-refractivity contribution in [1.82, 2.24) is 5.32 Å². The summed E-state index contributed by atoms with van der Waals surface area (Å²) in [6.45, 7) is -1.27. The second-order valence-electron chi connectivity index (χ2n) is 6.55. The fraction of sp³-hybridized carbons (Fsp3) is 0.444. The van der Waals surface area contributed by atoms with E-state index in [4.69, 9.17) is 14.6 Å². The standard InChI is InChI=1S/C18H22N2O8Se/c21-6-7-27-10-20(17-16(25)15(24)12(9-22)28-17)14(8-13(23)19-18(20)26)29-11-4-2-1-3-5-11/h1-5,8,12,15-17,21-22,24-25H,6-7,9-10H2/p+1/t12-,15-,16-,17-,20?/m1/s1. The molecule has 3 rings (SSSR count). The van der Waals surface area contributed by atoms with Crippen LogP contribution in [-0.2, 0) is 14.3 Å². The van der Waals surface area contributed by atoms with Crippen LogP contribution in [0.25, 0.3) is 0 Å². The van der Waals surface area contributed by atoms with Gasteiger partial charge in [-0.15, -0.1) is 0 Å². The zero-order valence-electron chi connectivity index (χ0n) is 15.4. The van der Waals surface area contributed by atoms with E-state index in [1.807, 2.05) is 30.3 Å². The van der Waals surface area contributed by atoms with Gasteiger partial charge in [0.25, 0.3) is 0 Å². The summed E-state index contributed by atoms with van der Waals surface area (Å²) < 4.78 is 11.6. The predicted molar refractivity (Wildman–Crippen MR) is 99.4 cm³/mol. The van der Waals surface area contributed by atoms with Crippen molar-refractivity contribution in [3.8, 4) is 0 Å². The molecule has 0 aliphatic carbocycles. The Hall–Kier alpha value is -1.66. The summed E-state index contributed by atoms with van der Waals surface area (Å²) in [6, 6.07) is 8.40. The van der Waals surface area contributed by atoms with Crippen LogP contribution in [0.4, 0.5) is 4.79 Å². The number of aliphatic hydroxyl groups is 4. The van der Waals surface area contributed by atoms with E-state index in [1.54, 1.807) is 0 Å². The van der Waals surface area contributed by atoms with Crippen LogP contribution in [0.15, 0.2) is 41.0 Å². The molecular weight excluding hydrogens is 451 g/mol. The number of carbonyl (C=O) groups is 2. The number of benzene rings is 1. The molecule has 0 aromatic heterocycles. The molecule has 10 nitrogen and oxygen atoms in total. The van der Waals surface area contributed by atoms with Gasteiger partial charge in [0.15, 0.2) is 0 Å². The van der Waals surface area contributed by atoms with Gasteiger partial charge in [0.05, 0.1) is 0 Å². The van der Waals surface area contributed by atoms with Crippen LogP contribution in [-0.4, -0.2) is 103 Å². The Morgan fingerprint density at radius 3 is 2.48 bits per heavy atom. The first kappa shape index (κ1) is 22.0. The molecule has 0 spiro atoms. The van der Waals surface area contributed by atoms with Crippen LogP contribution < -0.4 is 9.78 Å². The molecule has 2 aliphatic heterocycles. The molecule has 5 N–H and O–H groups in total. The third kappa shape index (κ3) is 4.29. The van der Waals surface area contributed by atoms with Crippen LogP contribution in [0.5, 0.6) is 0 Å². The molecule has 1 aromatic rings. The second kappa shape index (κ2) is 9.43. The van der Waals surface area contributed by atoms with E-state index in [0.717, 1.165) is 4.46 Å². The summed E-state index contributed by atoms with van der Waals surface area (Å²) in [4.78, 5) is 25.2. The van der Waals surface area contributed by atoms with E-state index >= 15 is 0 Å². The van der Waals surface area contributed by atoms with Crippen LogP contribution in [0.1, 0.15) is 0 Å². The molecule has 0 saturated carbocycles. The Bertz CT molecular complexity index is 776. The number of hydrogen-bond acceptors (Lipinski definition) is 8. The van der Waals surface area contributed by atoms with E-state index < -0.39 is 62.5 Å². The number of quaternary nitrogens is 1. The topological polar surface area (TPSA) is 146 Å². The molecule has 1 saturated heterocycles. The number of imide groups is 1. The summed E-state index contributed by atoms with van der Waals surface area (Å²) in [5.41, 5.74) is 0. The molecule has 0 radical (unpaired) electrons. The Morgan fingerprint density at radius 1 is 1.14 bits per heavy atom. The summed E-state index contributed by atoms with van der Waals surface area (Å²) in [6.07, 6.45) is -4.08. The number of nitrogens with one attached hydrogen (secondary N) is 1. The van der Waals surface area contributed by atoms with Crippen LogP contribution in [0.3, 0.4) is 0 Å². The van der Waals surface area contributed by atoms with Gasteiger partial charge in [0.2, 0.25) is 0 Å². The number of carbonyl (C=O) groups excluding carboxylic acids is 2. The van der Waals surface area contributed by atoms with Gasteiger partial charge in [-0.1, -0.05) is 0 Å². The van der Waals surface area contributed by atoms with E-state index in [2.05, 4.69) is 5.32 Å². The third-order valence-electron chi connectivity index (χ3n) is 4.69. The number of ether oxygens (including phenoxy) is 2. The molecule has 5 atom stereocenters. The van der Waals surface area contributed by atoms with Crippen LogP contribution in [0, 0.1) is 0 Å². The van der Waals surface area contributed by atoms with Gasteiger partial charge in [0, 0.05) is 0 Å². The summed E-state index contributed by atoms with van der Waals surface area (Å²) >= 11 is -0.525. The SMILES string of the molecule is O=C1C=C([Se]c2ccccc2)[N+](COCCO)([C@@H]2O[C@H](CO)[C@@H](O)[C@H]2O)C(=O)N1. The number of amides is 3. The first-order chi connectivity index (χ1) is 13.9. The zero-order chi connectivity index (χ0) is 21.0. The first-order valence-corrected chi connectivity index (χ1v) is 10.6. The maximum absolute atomic E-state index is 13.1. The average Bonchev–Trinajstić information content (AvgIpc) is 2.99. The summed E-state index contributed by atoms with van der Waals surface area (Å²) in [5, 5.41) is 41.6. The molecule has 1 aromatic carbocycles. The maximum atomic E-state index is 13.1. The van der Waals surface area contributed by atoms with E-state index in [1.165, 1.54) is 6.08 Å². The molecule has 1 unspecified atom stereocenters. The number of aliphatic hydroxyl groups excluding tert-OH is 4. The number of nitrogens with zero attached hydrogens (tertiary/aromatic N) is 1. The molecule has 0 bridgehead atoms. The van der Waals surface area contributed by atoms with Crippen molar-refractivity contribution in [1.29, 1.82) is 0 Å². The molecule has 29 heavy (non-hydrogen) atoms. The van der Waals surface area contributed by atoms with Crippen molar-refractivity contribution in [2.75, 3.05) is 26.6 Å². The van der Waals surface area contributed by atoms with Crippen molar-refractivity contribution in [2.24, 2.45) is 0 Å². The molecule has 3 amide bonds. The van der Waals surface area contributed by atoms with E-state index in [9.17, 15) is 24.9 Å². The fourth-order valence-electron chi connectivity index (χ4n) is 3.24. The molecule has 1 fully saturated rings. The molecular formula is C18H23N2O8Se+. The minimum absolute atomic E-state index is 0.0817. The second-order valence-corrected chi connectivity index (χ2v) is 8.85. The monoisotopic (exact) mass is 475 g/mol. The Morgan fingerprint density at radius 2 is 1.86 bits per heavy atom. The van der Waals surface area contributed by atoms with Crippen molar-refractivity contribution < 1.29 is 44.0 Å². The van der Waals surface area contributed by atoms with Crippen molar-refractivity contribution in [3.05, 3.63) is 41.0 Å². The Labute approximate surface area is 173 Å². The third-order valence-corrected chi connectivity index (χ3v) is 7.12. The average molecular weight is 474 g/mol. The molecule has 2 heterocycles. The van der Waals surface area contributed by atoms with Crippen molar-refractivity contribution in [2.45, 2.75) is 24.5 Å². The molecule has 2 aliphatic rings.